The molecule has 152 valence electrons. The highest BCUT2D eigenvalue weighted by molar-refractivity contribution is 6.01. The summed E-state index contributed by atoms with van der Waals surface area (Å²) in [6.07, 6.45) is 0.955. The normalized spacial score (nSPS) is 20.4. The van der Waals surface area contributed by atoms with Gasteiger partial charge < -0.3 is 19.7 Å². The van der Waals surface area contributed by atoms with Crippen molar-refractivity contribution in [3.8, 4) is 11.5 Å². The molecule has 5 rings (SSSR count). The first kappa shape index (κ1) is 18.5. The lowest BCUT2D eigenvalue weighted by atomic mass is 9.72. The second kappa shape index (κ2) is 7.06. The van der Waals surface area contributed by atoms with Gasteiger partial charge in [0.2, 0.25) is 5.88 Å². The number of Topliss-reactive ketones (excluding diaryl/α,β-unsaturated/α-hetero) is 1. The number of aryl methyl sites for hydroxylation is 1. The van der Waals surface area contributed by atoms with Gasteiger partial charge >= 0.3 is 0 Å². The molecule has 6 nitrogen and oxygen atoms in total. The van der Waals surface area contributed by atoms with Crippen molar-refractivity contribution < 1.29 is 19.2 Å². The highest BCUT2D eigenvalue weighted by Gasteiger charge is 2.41. The number of nitrogens with zero attached hydrogens (tertiary/aromatic N) is 1. The third-order valence-electron chi connectivity index (χ3n) is 6.06. The molecule has 2 N–H and O–H groups in total. The maximum absolute atomic E-state index is 13.4. The van der Waals surface area contributed by atoms with Crippen molar-refractivity contribution in [3.63, 3.8) is 0 Å². The number of methoxy groups -OCH3 is 1. The van der Waals surface area contributed by atoms with Gasteiger partial charge in [-0.1, -0.05) is 35.5 Å². The van der Waals surface area contributed by atoms with E-state index in [9.17, 15) is 9.90 Å². The van der Waals surface area contributed by atoms with Crippen LogP contribution >= 0.6 is 0 Å². The van der Waals surface area contributed by atoms with Gasteiger partial charge in [-0.15, -0.1) is 0 Å². The molecule has 2 heterocycles. The van der Waals surface area contributed by atoms with E-state index in [0.717, 1.165) is 39.4 Å². The zero-order valence-corrected chi connectivity index (χ0v) is 16.8. The van der Waals surface area contributed by atoms with Crippen LogP contribution in [0.3, 0.4) is 0 Å². The van der Waals surface area contributed by atoms with Crippen molar-refractivity contribution in [1.82, 2.24) is 5.16 Å². The second-order valence-electron chi connectivity index (χ2n) is 7.82. The lowest BCUT2D eigenvalue weighted by Gasteiger charge is -2.34. The lowest BCUT2D eigenvalue weighted by molar-refractivity contribution is -0.116. The quantitative estimate of drug-likeness (QED) is 0.663. The Kier molecular flexibility index (Phi) is 4.35. The number of fused-ring (bicyclic) bond motifs is 1. The molecule has 1 aliphatic heterocycles. The molecule has 0 radical (unpaired) electrons. The third-order valence-corrected chi connectivity index (χ3v) is 6.06. The zero-order chi connectivity index (χ0) is 20.8. The number of hydrogen-bond acceptors (Lipinski definition) is 6. The fraction of sp³-hybridized carbons (Fsp3) is 0.250. The van der Waals surface area contributed by atoms with E-state index in [2.05, 4.69) is 10.5 Å². The van der Waals surface area contributed by atoms with Crippen LogP contribution in [0.15, 0.2) is 64.3 Å². The number of carbonyl (C=O) groups excluding carboxylic acids is 1. The van der Waals surface area contributed by atoms with Gasteiger partial charge in [-0.05, 0) is 42.7 Å². The predicted molar refractivity (Wildman–Crippen MR) is 112 cm³/mol. The molecule has 2 aromatic carbocycles. The van der Waals surface area contributed by atoms with E-state index in [1.54, 1.807) is 19.2 Å². The van der Waals surface area contributed by atoms with Crippen molar-refractivity contribution in [1.29, 1.82) is 0 Å². The minimum absolute atomic E-state index is 0.0658. The van der Waals surface area contributed by atoms with Gasteiger partial charge in [-0.25, -0.2) is 0 Å². The van der Waals surface area contributed by atoms with Crippen LogP contribution in [-0.2, 0) is 4.79 Å². The van der Waals surface area contributed by atoms with Crippen LogP contribution in [0.2, 0.25) is 0 Å². The highest BCUT2D eigenvalue weighted by Crippen LogP contribution is 2.50. The van der Waals surface area contributed by atoms with Crippen LogP contribution in [0, 0.1) is 6.92 Å². The van der Waals surface area contributed by atoms with Crippen LogP contribution in [0.25, 0.3) is 0 Å². The summed E-state index contributed by atoms with van der Waals surface area (Å²) in [7, 11) is 1.63. The Morgan fingerprint density at radius 2 is 2.00 bits per heavy atom. The maximum Gasteiger partial charge on any atom is 0.233 e. The number of aromatic hydroxyl groups is 1. The number of benzene rings is 2. The topological polar surface area (TPSA) is 84.6 Å². The number of aromatic nitrogens is 1. The first-order chi connectivity index (χ1) is 14.6. The van der Waals surface area contributed by atoms with Gasteiger partial charge in [0.05, 0.1) is 18.4 Å². The Bertz CT molecular complexity index is 1180. The summed E-state index contributed by atoms with van der Waals surface area (Å²) in [5.41, 5.74) is 4.97. The summed E-state index contributed by atoms with van der Waals surface area (Å²) in [6.45, 7) is 1.89. The number of phenols is 1. The molecule has 2 atom stereocenters. The van der Waals surface area contributed by atoms with E-state index in [-0.39, 0.29) is 23.4 Å². The number of nitrogens with one attached hydrogen (secondary N) is 1. The number of ether oxygens (including phenoxy) is 1. The summed E-state index contributed by atoms with van der Waals surface area (Å²) >= 11 is 0. The molecular weight excluding hydrogens is 380 g/mol. The number of ketones is 1. The summed E-state index contributed by atoms with van der Waals surface area (Å²) in [6, 6.07) is 15.0. The average Bonchev–Trinajstić information content (AvgIpc) is 3.13. The highest BCUT2D eigenvalue weighted by atomic mass is 16.5. The second-order valence-corrected chi connectivity index (χ2v) is 7.82. The summed E-state index contributed by atoms with van der Waals surface area (Å²) in [4.78, 5) is 13.4. The largest absolute Gasteiger partial charge is 0.508 e. The van der Waals surface area contributed by atoms with Crippen LogP contribution in [-0.4, -0.2) is 23.2 Å². The van der Waals surface area contributed by atoms with E-state index in [4.69, 9.17) is 9.26 Å². The molecule has 0 bridgehead atoms. The number of phenolic OH excluding ortho intramolecular Hbond substituents is 1. The summed E-state index contributed by atoms with van der Waals surface area (Å²) in [5, 5.41) is 17.8. The molecule has 0 spiro atoms. The lowest BCUT2D eigenvalue weighted by Crippen LogP contribution is -2.29. The van der Waals surface area contributed by atoms with E-state index >= 15 is 0 Å². The van der Waals surface area contributed by atoms with Gasteiger partial charge in [-0.3, -0.25) is 4.79 Å². The number of para-hydroxylation sites is 1. The van der Waals surface area contributed by atoms with E-state index in [0.29, 0.717) is 18.7 Å². The monoisotopic (exact) mass is 402 g/mol. The van der Waals surface area contributed by atoms with E-state index in [1.165, 1.54) is 0 Å². The molecule has 30 heavy (non-hydrogen) atoms. The minimum atomic E-state index is -0.268. The maximum atomic E-state index is 13.4. The van der Waals surface area contributed by atoms with Crippen molar-refractivity contribution in [2.45, 2.75) is 31.6 Å². The number of carbonyl (C=O) groups is 1. The van der Waals surface area contributed by atoms with Crippen molar-refractivity contribution >= 4 is 11.7 Å². The molecule has 1 aliphatic carbocycles. The van der Waals surface area contributed by atoms with E-state index in [1.807, 2.05) is 43.3 Å². The Morgan fingerprint density at radius 1 is 1.17 bits per heavy atom. The van der Waals surface area contributed by atoms with Crippen molar-refractivity contribution in [2.75, 3.05) is 12.4 Å². The Morgan fingerprint density at radius 3 is 2.80 bits per heavy atom. The Balaban J connectivity index is 1.64. The molecule has 2 unspecified atom stereocenters. The van der Waals surface area contributed by atoms with Gasteiger partial charge in [0, 0.05) is 29.5 Å². The zero-order valence-electron chi connectivity index (χ0n) is 16.8. The SMILES string of the molecule is COc1cccc(C2C3=C(CC(c4ccccc4O)CC3=O)Nc3onc(C)c32)c1. The standard InChI is InChI=1S/C24H22N2O4/c1-13-21-22(14-6-5-7-16(10-14)29-2)23-18(25-24(21)30-26-13)11-15(12-20(23)28)17-8-3-4-9-19(17)27/h3-10,15,22,25,27H,11-12H2,1-2H3. The smallest absolute Gasteiger partial charge is 0.233 e. The van der Waals surface area contributed by atoms with Crippen LogP contribution in [0.5, 0.6) is 11.5 Å². The fourth-order valence-corrected chi connectivity index (χ4v) is 4.68. The molecule has 0 fully saturated rings. The predicted octanol–water partition coefficient (Wildman–Crippen LogP) is 4.66. The molecule has 0 saturated heterocycles. The average molecular weight is 402 g/mol. The molecule has 0 amide bonds. The molecular formula is C24H22N2O4. The minimum Gasteiger partial charge on any atom is -0.508 e. The van der Waals surface area contributed by atoms with Crippen LogP contribution in [0.1, 0.15) is 47.1 Å². The molecule has 3 aromatic rings. The Labute approximate surface area is 174 Å². The van der Waals surface area contributed by atoms with Gasteiger partial charge in [0.25, 0.3) is 0 Å². The van der Waals surface area contributed by atoms with Gasteiger partial charge in [0.1, 0.15) is 11.5 Å². The number of hydrogen-bond donors (Lipinski definition) is 2. The van der Waals surface area contributed by atoms with Gasteiger partial charge in [0.15, 0.2) is 5.78 Å². The van der Waals surface area contributed by atoms with Crippen molar-refractivity contribution in [2.24, 2.45) is 0 Å². The number of anilines is 1. The molecule has 1 aromatic heterocycles. The Hall–Kier alpha value is -3.54. The van der Waals surface area contributed by atoms with Crippen molar-refractivity contribution in [3.05, 3.63) is 82.2 Å². The number of rotatable bonds is 3. The van der Waals surface area contributed by atoms with Gasteiger partial charge in [-0.2, -0.15) is 0 Å². The first-order valence-electron chi connectivity index (χ1n) is 9.98. The third kappa shape index (κ3) is 2.87. The van der Waals surface area contributed by atoms with Crippen LogP contribution < -0.4 is 10.1 Å². The molecule has 2 aliphatic rings. The molecule has 0 saturated carbocycles. The fourth-order valence-electron chi connectivity index (χ4n) is 4.68. The summed E-state index contributed by atoms with van der Waals surface area (Å²) < 4.78 is 11.0. The number of allylic oxidation sites excluding steroid dienone is 2. The van der Waals surface area contributed by atoms with E-state index < -0.39 is 0 Å². The first-order valence-corrected chi connectivity index (χ1v) is 9.98. The van der Waals surface area contributed by atoms with Crippen LogP contribution in [0.4, 0.5) is 5.88 Å². The summed E-state index contributed by atoms with van der Waals surface area (Å²) in [5.74, 6) is 1.23. The molecule has 6 heteroatoms.